The number of hydrogen-bond acceptors (Lipinski definition) is 3. The Labute approximate surface area is 91.6 Å². The van der Waals surface area contributed by atoms with Crippen LogP contribution in [0.5, 0.6) is 0 Å². The fraction of sp³-hybridized carbons (Fsp3) is 0.818. The third-order valence-corrected chi connectivity index (χ3v) is 2.32. The minimum atomic E-state index is -0.674. The highest BCUT2D eigenvalue weighted by Gasteiger charge is 2.32. The van der Waals surface area contributed by atoms with Crippen LogP contribution < -0.4 is 0 Å². The zero-order valence-corrected chi connectivity index (χ0v) is 10.2. The van der Waals surface area contributed by atoms with Gasteiger partial charge in [-0.2, -0.15) is 0 Å². The fourth-order valence-corrected chi connectivity index (χ4v) is 1.47. The summed E-state index contributed by atoms with van der Waals surface area (Å²) in [5, 5.41) is 0. The number of carbonyl (C=O) groups excluding carboxylic acids is 2. The zero-order valence-electron chi connectivity index (χ0n) is 10.2. The lowest BCUT2D eigenvalue weighted by Crippen LogP contribution is -2.40. The molecule has 0 saturated heterocycles. The van der Waals surface area contributed by atoms with Gasteiger partial charge in [0.2, 0.25) is 5.91 Å². The van der Waals surface area contributed by atoms with E-state index < -0.39 is 11.9 Å². The monoisotopic (exact) mass is 215 g/mol. The van der Waals surface area contributed by atoms with Gasteiger partial charge in [0.1, 0.15) is 5.92 Å². The van der Waals surface area contributed by atoms with E-state index in [0.29, 0.717) is 6.54 Å². The molecule has 0 bridgehead atoms. The summed E-state index contributed by atoms with van der Waals surface area (Å²) in [5.74, 6) is -1.31. The van der Waals surface area contributed by atoms with Crippen LogP contribution in [0.15, 0.2) is 0 Å². The molecule has 0 radical (unpaired) electrons. The third kappa shape index (κ3) is 3.90. The van der Waals surface area contributed by atoms with E-state index in [1.54, 1.807) is 11.9 Å². The number of rotatable bonds is 5. The summed E-state index contributed by atoms with van der Waals surface area (Å²) in [6.07, 6.45) is 0.883. The van der Waals surface area contributed by atoms with Crippen molar-refractivity contribution >= 4 is 11.9 Å². The van der Waals surface area contributed by atoms with Crippen LogP contribution in [0.25, 0.3) is 0 Å². The van der Waals surface area contributed by atoms with Crippen LogP contribution in [0, 0.1) is 11.8 Å². The molecule has 0 saturated carbocycles. The largest absolute Gasteiger partial charge is 0.468 e. The van der Waals surface area contributed by atoms with Gasteiger partial charge >= 0.3 is 5.97 Å². The molecular weight excluding hydrogens is 194 g/mol. The van der Waals surface area contributed by atoms with Crippen LogP contribution in [0.4, 0.5) is 0 Å². The van der Waals surface area contributed by atoms with Gasteiger partial charge in [0.25, 0.3) is 0 Å². The molecule has 0 N–H and O–H groups in total. The predicted octanol–water partition coefficient (Wildman–Crippen LogP) is 1.30. The normalized spacial score (nSPS) is 12.4. The van der Waals surface area contributed by atoms with Gasteiger partial charge in [0.05, 0.1) is 7.11 Å². The van der Waals surface area contributed by atoms with Crippen LogP contribution in [0.2, 0.25) is 0 Å². The van der Waals surface area contributed by atoms with Crippen molar-refractivity contribution in [3.8, 4) is 0 Å². The highest BCUT2D eigenvalue weighted by atomic mass is 16.5. The van der Waals surface area contributed by atoms with E-state index >= 15 is 0 Å². The summed E-state index contributed by atoms with van der Waals surface area (Å²) in [6.45, 7) is 6.35. The van der Waals surface area contributed by atoms with E-state index in [4.69, 9.17) is 0 Å². The average Bonchev–Trinajstić information content (AvgIpc) is 2.17. The van der Waals surface area contributed by atoms with Gasteiger partial charge < -0.3 is 9.64 Å². The minimum absolute atomic E-state index is 0.0377. The quantitative estimate of drug-likeness (QED) is 0.513. The second-order valence-corrected chi connectivity index (χ2v) is 4.00. The Bertz CT molecular complexity index is 226. The number of nitrogens with zero attached hydrogens (tertiary/aromatic N) is 1. The first-order valence-corrected chi connectivity index (χ1v) is 5.28. The Morgan fingerprint density at radius 2 is 1.87 bits per heavy atom. The first kappa shape index (κ1) is 13.9. The molecule has 0 aliphatic rings. The summed E-state index contributed by atoms with van der Waals surface area (Å²) in [6, 6.07) is 0. The van der Waals surface area contributed by atoms with Gasteiger partial charge in [-0.3, -0.25) is 9.59 Å². The predicted molar refractivity (Wildman–Crippen MR) is 58.3 cm³/mol. The molecule has 0 aliphatic heterocycles. The molecule has 0 fully saturated rings. The summed E-state index contributed by atoms with van der Waals surface area (Å²) < 4.78 is 4.64. The lowest BCUT2D eigenvalue weighted by Gasteiger charge is -2.24. The number of amides is 1. The molecule has 1 atom stereocenters. The average molecular weight is 215 g/mol. The van der Waals surface area contributed by atoms with Gasteiger partial charge in [0, 0.05) is 13.6 Å². The van der Waals surface area contributed by atoms with Crippen molar-refractivity contribution in [2.75, 3.05) is 20.7 Å². The van der Waals surface area contributed by atoms with Gasteiger partial charge in [-0.25, -0.2) is 0 Å². The molecule has 4 nitrogen and oxygen atoms in total. The van der Waals surface area contributed by atoms with Gasteiger partial charge in [-0.05, 0) is 12.3 Å². The van der Waals surface area contributed by atoms with Gasteiger partial charge in [0.15, 0.2) is 0 Å². The van der Waals surface area contributed by atoms with E-state index in [-0.39, 0.29) is 11.8 Å². The lowest BCUT2D eigenvalue weighted by molar-refractivity contribution is -0.155. The molecule has 1 amide bonds. The topological polar surface area (TPSA) is 46.6 Å². The van der Waals surface area contributed by atoms with Crippen molar-refractivity contribution in [1.82, 2.24) is 4.90 Å². The molecular formula is C11H21NO3. The maximum absolute atomic E-state index is 11.9. The molecule has 0 heterocycles. The van der Waals surface area contributed by atoms with E-state index in [1.807, 2.05) is 20.8 Å². The maximum Gasteiger partial charge on any atom is 0.318 e. The Morgan fingerprint density at radius 3 is 2.20 bits per heavy atom. The van der Waals surface area contributed by atoms with Crippen molar-refractivity contribution in [2.24, 2.45) is 11.8 Å². The second kappa shape index (κ2) is 6.43. The Hall–Kier alpha value is -1.06. The van der Waals surface area contributed by atoms with Crippen molar-refractivity contribution in [1.29, 1.82) is 0 Å². The van der Waals surface area contributed by atoms with Crippen molar-refractivity contribution in [2.45, 2.75) is 27.2 Å². The van der Waals surface area contributed by atoms with Crippen molar-refractivity contribution in [3.63, 3.8) is 0 Å². The number of hydrogen-bond donors (Lipinski definition) is 0. The van der Waals surface area contributed by atoms with E-state index in [1.165, 1.54) is 7.11 Å². The van der Waals surface area contributed by atoms with Crippen LogP contribution in [0.3, 0.4) is 0 Å². The van der Waals surface area contributed by atoms with Gasteiger partial charge in [-0.1, -0.05) is 20.8 Å². The summed E-state index contributed by atoms with van der Waals surface area (Å²) in [4.78, 5) is 24.9. The molecule has 0 aromatic rings. The number of carbonyl (C=O) groups is 2. The smallest absolute Gasteiger partial charge is 0.318 e. The Kier molecular flexibility index (Phi) is 5.97. The molecule has 0 aromatic heterocycles. The number of methoxy groups -OCH3 is 1. The van der Waals surface area contributed by atoms with Crippen LogP contribution in [0.1, 0.15) is 27.2 Å². The van der Waals surface area contributed by atoms with Crippen LogP contribution in [-0.2, 0) is 14.3 Å². The third-order valence-electron chi connectivity index (χ3n) is 2.32. The number of esters is 1. The zero-order chi connectivity index (χ0) is 12.0. The molecule has 0 aromatic carbocycles. The van der Waals surface area contributed by atoms with E-state index in [9.17, 15) is 9.59 Å². The Morgan fingerprint density at radius 1 is 1.33 bits per heavy atom. The van der Waals surface area contributed by atoms with Gasteiger partial charge in [-0.15, -0.1) is 0 Å². The van der Waals surface area contributed by atoms with Crippen LogP contribution >= 0.6 is 0 Å². The second-order valence-electron chi connectivity index (χ2n) is 4.00. The molecule has 0 spiro atoms. The fourth-order valence-electron chi connectivity index (χ4n) is 1.47. The highest BCUT2D eigenvalue weighted by molar-refractivity contribution is 5.97. The van der Waals surface area contributed by atoms with Crippen molar-refractivity contribution in [3.05, 3.63) is 0 Å². The van der Waals surface area contributed by atoms with Crippen LogP contribution in [-0.4, -0.2) is 37.5 Å². The van der Waals surface area contributed by atoms with E-state index in [0.717, 1.165) is 6.42 Å². The SMILES string of the molecule is CCCN(C)C(=O)C(C(=O)OC)C(C)C. The molecule has 15 heavy (non-hydrogen) atoms. The standard InChI is InChI=1S/C11H21NO3/c1-6-7-12(4)10(13)9(8(2)3)11(14)15-5/h8-9H,6-7H2,1-5H3. The number of ether oxygens (including phenoxy) is 1. The lowest BCUT2D eigenvalue weighted by atomic mass is 9.94. The first-order chi connectivity index (χ1) is 6.95. The molecule has 0 aliphatic carbocycles. The maximum atomic E-state index is 11.9. The molecule has 88 valence electrons. The van der Waals surface area contributed by atoms with E-state index in [2.05, 4.69) is 4.74 Å². The summed E-state index contributed by atoms with van der Waals surface area (Å²) in [5.41, 5.74) is 0. The minimum Gasteiger partial charge on any atom is -0.468 e. The highest BCUT2D eigenvalue weighted by Crippen LogP contribution is 2.15. The Balaban J connectivity index is 4.63. The summed E-state index contributed by atoms with van der Waals surface area (Å²) in [7, 11) is 3.02. The molecule has 1 unspecified atom stereocenters. The molecule has 4 heteroatoms. The molecule has 0 rings (SSSR count). The first-order valence-electron chi connectivity index (χ1n) is 5.28. The summed E-state index contributed by atoms with van der Waals surface area (Å²) >= 11 is 0. The van der Waals surface area contributed by atoms with Crippen molar-refractivity contribution < 1.29 is 14.3 Å².